The summed E-state index contributed by atoms with van der Waals surface area (Å²) >= 11 is 0. The van der Waals surface area contributed by atoms with E-state index in [0.29, 0.717) is 41.2 Å². The van der Waals surface area contributed by atoms with Crippen LogP contribution in [0.3, 0.4) is 0 Å². The number of nitrogens with one attached hydrogen (secondary N) is 2. The Bertz CT molecular complexity index is 1320. The third-order valence-electron chi connectivity index (χ3n) is 7.37. The average Bonchev–Trinajstić information content (AvgIpc) is 3.64. The van der Waals surface area contributed by atoms with Crippen molar-refractivity contribution in [2.75, 3.05) is 32.5 Å². The molecule has 2 saturated heterocycles. The van der Waals surface area contributed by atoms with E-state index in [2.05, 4.69) is 10.2 Å². The maximum atomic E-state index is 10.9. The van der Waals surface area contributed by atoms with Crippen LogP contribution in [0.5, 0.6) is 5.75 Å². The molecule has 3 aliphatic heterocycles. The number of anilines is 1. The molecule has 2 unspecified atom stereocenters. The zero-order chi connectivity index (χ0) is 25.1. The summed E-state index contributed by atoms with van der Waals surface area (Å²) < 4.78 is 12.0. The van der Waals surface area contributed by atoms with E-state index < -0.39 is 18.1 Å². The van der Waals surface area contributed by atoms with Crippen LogP contribution in [0, 0.1) is 5.41 Å². The predicted octanol–water partition coefficient (Wildman–Crippen LogP) is 2.65. The van der Waals surface area contributed by atoms with Crippen molar-refractivity contribution < 1.29 is 19.7 Å². The van der Waals surface area contributed by atoms with Crippen LogP contribution in [-0.2, 0) is 10.5 Å². The van der Waals surface area contributed by atoms with E-state index in [1.165, 1.54) is 0 Å². The van der Waals surface area contributed by atoms with E-state index >= 15 is 0 Å². The van der Waals surface area contributed by atoms with Gasteiger partial charge in [-0.1, -0.05) is 36.4 Å². The van der Waals surface area contributed by atoms with Crippen molar-refractivity contribution in [3.8, 4) is 5.75 Å². The number of nitrogens with zero attached hydrogens (tertiary/aromatic N) is 1. The minimum Gasteiger partial charge on any atom is -0.484 e. The smallest absolute Gasteiger partial charge is 0.171 e. The number of hydrogen-bond acceptors (Lipinski definition) is 8. The van der Waals surface area contributed by atoms with Gasteiger partial charge in [0.2, 0.25) is 0 Å². The van der Waals surface area contributed by atoms with Crippen LogP contribution in [-0.4, -0.2) is 53.2 Å². The van der Waals surface area contributed by atoms with E-state index in [1.807, 2.05) is 67.7 Å². The number of likely N-dealkylation sites (tertiary alicyclic amines) is 1. The Morgan fingerprint density at radius 2 is 1.89 bits per heavy atom. The molecular weight excluding hydrogens is 456 g/mol. The number of ether oxygens (including phenoxy) is 2. The number of nitrogen functional groups attached to an aromatic ring is 1. The molecule has 0 amide bonds. The second-order valence-corrected chi connectivity index (χ2v) is 10.2. The van der Waals surface area contributed by atoms with Gasteiger partial charge in [0.05, 0.1) is 18.4 Å². The van der Waals surface area contributed by atoms with Crippen LogP contribution >= 0.6 is 0 Å². The number of aliphatic hydroxyl groups is 2. The normalized spacial score (nSPS) is 24.9. The first-order valence-electron chi connectivity index (χ1n) is 12.1. The molecule has 2 fully saturated rings. The molecular formula is C28H30N4O4. The first kappa shape index (κ1) is 23.1. The molecule has 1 spiro atoms. The highest BCUT2D eigenvalue weighted by atomic mass is 16.6. The minimum atomic E-state index is -0.907. The average molecular weight is 487 g/mol. The molecule has 3 aliphatic rings. The fourth-order valence-electron chi connectivity index (χ4n) is 5.45. The van der Waals surface area contributed by atoms with E-state index in [0.717, 1.165) is 24.2 Å². The Labute approximate surface area is 209 Å². The van der Waals surface area contributed by atoms with Crippen LogP contribution < -0.4 is 15.8 Å². The molecule has 6 rings (SSSR count). The standard InChI is InChI=1S/C28H30N4O4/c1-32-14-27(15-32)13-23(33)21-11-18(7-10-24(21)36-27)25(30)20-12-19(8-9-22(20)29)28(16-35-28)31-26(34)17-5-3-2-4-6-17/h2-12,23,26,30-31,33-34H,13-16,29H2,1H3/t23?,26-,28?/m0/s1. The number of aliphatic hydroxyl groups excluding tert-OH is 2. The lowest BCUT2D eigenvalue weighted by atomic mass is 9.82. The molecule has 0 aromatic heterocycles. The van der Waals surface area contributed by atoms with Crippen LogP contribution in [0.25, 0.3) is 0 Å². The third-order valence-corrected chi connectivity index (χ3v) is 7.37. The fraction of sp³-hybridized carbons (Fsp3) is 0.321. The summed E-state index contributed by atoms with van der Waals surface area (Å²) in [5.41, 5.74) is 9.24. The highest BCUT2D eigenvalue weighted by Gasteiger charge is 2.49. The molecule has 6 N–H and O–H groups in total. The summed E-state index contributed by atoms with van der Waals surface area (Å²) in [6.07, 6.45) is -1.02. The lowest BCUT2D eigenvalue weighted by Crippen LogP contribution is -2.65. The SMILES string of the molecule is CN1CC2(CC(O)c3cc(C(=N)c4cc(C5(N[C@@H](O)c6ccccc6)CO5)ccc4N)ccc3O2)C1. The topological polar surface area (TPSA) is 127 Å². The highest BCUT2D eigenvalue weighted by Crippen LogP contribution is 2.44. The van der Waals surface area contributed by atoms with E-state index in [4.69, 9.17) is 20.6 Å². The number of benzene rings is 3. The quantitative estimate of drug-likeness (QED) is 0.157. The number of likely N-dealkylation sites (N-methyl/N-ethyl adjacent to an activating group) is 1. The van der Waals surface area contributed by atoms with E-state index in [-0.39, 0.29) is 11.3 Å². The van der Waals surface area contributed by atoms with Gasteiger partial charge in [-0.05, 0) is 42.9 Å². The van der Waals surface area contributed by atoms with Crippen molar-refractivity contribution in [2.45, 2.75) is 30.1 Å². The van der Waals surface area contributed by atoms with Gasteiger partial charge in [-0.2, -0.15) is 0 Å². The zero-order valence-corrected chi connectivity index (χ0v) is 20.1. The largest absolute Gasteiger partial charge is 0.484 e. The molecule has 186 valence electrons. The second-order valence-electron chi connectivity index (χ2n) is 10.2. The number of rotatable bonds is 6. The molecule has 8 nitrogen and oxygen atoms in total. The van der Waals surface area contributed by atoms with Crippen LogP contribution in [0.4, 0.5) is 5.69 Å². The first-order chi connectivity index (χ1) is 17.3. The third kappa shape index (κ3) is 3.97. The molecule has 3 aromatic rings. The van der Waals surface area contributed by atoms with Gasteiger partial charge in [0.15, 0.2) is 5.72 Å². The number of hydrogen-bond donors (Lipinski definition) is 5. The number of epoxide rings is 1. The molecule has 3 atom stereocenters. The summed E-state index contributed by atoms with van der Waals surface area (Å²) in [5, 5.41) is 33.6. The van der Waals surface area contributed by atoms with Crippen molar-refractivity contribution in [3.05, 3.63) is 94.5 Å². The predicted molar refractivity (Wildman–Crippen MR) is 136 cm³/mol. The summed E-state index contributed by atoms with van der Waals surface area (Å²) in [7, 11) is 2.04. The molecule has 36 heavy (non-hydrogen) atoms. The Morgan fingerprint density at radius 3 is 2.58 bits per heavy atom. The van der Waals surface area contributed by atoms with Crippen molar-refractivity contribution in [1.82, 2.24) is 10.2 Å². The van der Waals surface area contributed by atoms with Gasteiger partial charge in [-0.25, -0.2) is 0 Å². The van der Waals surface area contributed by atoms with Crippen molar-refractivity contribution in [2.24, 2.45) is 0 Å². The molecule has 8 heteroatoms. The van der Waals surface area contributed by atoms with Gasteiger partial charge in [0, 0.05) is 47.5 Å². The molecule has 0 radical (unpaired) electrons. The van der Waals surface area contributed by atoms with Crippen LogP contribution in [0.2, 0.25) is 0 Å². The van der Waals surface area contributed by atoms with Gasteiger partial charge < -0.3 is 25.4 Å². The lowest BCUT2D eigenvalue weighted by Gasteiger charge is -2.51. The zero-order valence-electron chi connectivity index (χ0n) is 20.1. The molecule has 0 bridgehead atoms. The first-order valence-corrected chi connectivity index (χ1v) is 12.1. The monoisotopic (exact) mass is 486 g/mol. The van der Waals surface area contributed by atoms with Gasteiger partial charge in [0.1, 0.15) is 17.6 Å². The Hall–Kier alpha value is -3.27. The minimum absolute atomic E-state index is 0.243. The maximum absolute atomic E-state index is 10.9. The van der Waals surface area contributed by atoms with Crippen molar-refractivity contribution in [1.29, 1.82) is 5.41 Å². The molecule has 3 heterocycles. The van der Waals surface area contributed by atoms with Gasteiger partial charge in [-0.3, -0.25) is 15.6 Å². The second kappa shape index (κ2) is 8.40. The Morgan fingerprint density at radius 1 is 1.14 bits per heavy atom. The molecule has 0 aliphatic carbocycles. The van der Waals surface area contributed by atoms with E-state index in [9.17, 15) is 10.2 Å². The number of fused-ring (bicyclic) bond motifs is 1. The summed E-state index contributed by atoms with van der Waals surface area (Å²) in [4.78, 5) is 2.17. The number of nitrogens with two attached hydrogens (primary N) is 1. The van der Waals surface area contributed by atoms with Crippen molar-refractivity contribution in [3.63, 3.8) is 0 Å². The Kier molecular flexibility index (Phi) is 5.40. The fourth-order valence-corrected chi connectivity index (χ4v) is 5.45. The highest BCUT2D eigenvalue weighted by molar-refractivity contribution is 6.14. The Balaban J connectivity index is 1.26. The lowest BCUT2D eigenvalue weighted by molar-refractivity contribution is -0.106. The van der Waals surface area contributed by atoms with Crippen molar-refractivity contribution >= 4 is 11.4 Å². The summed E-state index contributed by atoms with van der Waals surface area (Å²) in [6, 6.07) is 20.3. The van der Waals surface area contributed by atoms with Crippen LogP contribution in [0.15, 0.2) is 66.7 Å². The maximum Gasteiger partial charge on any atom is 0.171 e. The molecule has 0 saturated carbocycles. The molecule has 3 aromatic carbocycles. The van der Waals surface area contributed by atoms with Crippen LogP contribution in [0.1, 0.15) is 46.6 Å². The summed E-state index contributed by atoms with van der Waals surface area (Å²) in [5.74, 6) is 0.671. The summed E-state index contributed by atoms with van der Waals surface area (Å²) in [6.45, 7) is 1.98. The van der Waals surface area contributed by atoms with Gasteiger partial charge >= 0.3 is 0 Å². The van der Waals surface area contributed by atoms with E-state index in [1.54, 1.807) is 6.07 Å². The van der Waals surface area contributed by atoms with Gasteiger partial charge in [-0.15, -0.1) is 0 Å². The van der Waals surface area contributed by atoms with Gasteiger partial charge in [0.25, 0.3) is 0 Å².